The second-order valence-corrected chi connectivity index (χ2v) is 4.97. The molecule has 0 radical (unpaired) electrons. The molecule has 1 fully saturated rings. The maximum Gasteiger partial charge on any atom is 0.0642 e. The lowest BCUT2D eigenvalue weighted by Crippen LogP contribution is -2.20. The van der Waals surface area contributed by atoms with Gasteiger partial charge in [-0.1, -0.05) is 17.7 Å². The van der Waals surface area contributed by atoms with E-state index in [0.717, 1.165) is 10.7 Å². The van der Waals surface area contributed by atoms with Crippen LogP contribution >= 0.6 is 11.6 Å². The maximum absolute atomic E-state index is 6.33. The molecule has 1 N–H and O–H groups in total. The zero-order valence-corrected chi connectivity index (χ0v) is 10.9. The number of hydrogen-bond acceptors (Lipinski definition) is 2. The number of nitrogens with zero attached hydrogens (tertiary/aromatic N) is 1. The quantitative estimate of drug-likeness (QED) is 0.867. The molecule has 2 nitrogen and oxygen atoms in total. The molecule has 0 heterocycles. The predicted octanol–water partition coefficient (Wildman–Crippen LogP) is 3.22. The van der Waals surface area contributed by atoms with E-state index in [-0.39, 0.29) is 0 Å². The lowest BCUT2D eigenvalue weighted by atomic mass is 10.1. The van der Waals surface area contributed by atoms with Crippen molar-refractivity contribution in [3.63, 3.8) is 0 Å². The van der Waals surface area contributed by atoms with E-state index in [2.05, 4.69) is 42.4 Å². The van der Waals surface area contributed by atoms with Crippen molar-refractivity contribution in [2.75, 3.05) is 19.0 Å². The predicted molar refractivity (Wildman–Crippen MR) is 70.4 cm³/mol. The smallest absolute Gasteiger partial charge is 0.0642 e. The summed E-state index contributed by atoms with van der Waals surface area (Å²) >= 11 is 6.33. The Morgan fingerprint density at radius 1 is 1.44 bits per heavy atom. The van der Waals surface area contributed by atoms with Crippen molar-refractivity contribution in [3.05, 3.63) is 28.8 Å². The van der Waals surface area contributed by atoms with Gasteiger partial charge in [-0.15, -0.1) is 0 Å². The van der Waals surface area contributed by atoms with Gasteiger partial charge in [0.15, 0.2) is 0 Å². The maximum atomic E-state index is 6.33. The largest absolute Gasteiger partial charge is 0.370 e. The molecule has 0 bridgehead atoms. The number of anilines is 1. The van der Waals surface area contributed by atoms with Crippen LogP contribution in [0.25, 0.3) is 0 Å². The molecule has 16 heavy (non-hydrogen) atoms. The van der Waals surface area contributed by atoms with Crippen LogP contribution in [0.5, 0.6) is 0 Å². The van der Waals surface area contributed by atoms with Crippen LogP contribution in [0.4, 0.5) is 5.69 Å². The fourth-order valence-electron chi connectivity index (χ4n) is 1.90. The van der Waals surface area contributed by atoms with Gasteiger partial charge in [-0.2, -0.15) is 0 Å². The van der Waals surface area contributed by atoms with E-state index >= 15 is 0 Å². The minimum atomic E-state index is 0.345. The van der Waals surface area contributed by atoms with Crippen LogP contribution in [-0.2, 0) is 0 Å². The molecular formula is C13H19ClN2. The van der Waals surface area contributed by atoms with Crippen molar-refractivity contribution < 1.29 is 0 Å². The summed E-state index contributed by atoms with van der Waals surface area (Å²) in [5.41, 5.74) is 2.39. The van der Waals surface area contributed by atoms with E-state index in [0.29, 0.717) is 12.1 Å². The van der Waals surface area contributed by atoms with Crippen molar-refractivity contribution in [1.82, 2.24) is 5.32 Å². The fourth-order valence-corrected chi connectivity index (χ4v) is 2.23. The first-order valence-corrected chi connectivity index (χ1v) is 6.21. The van der Waals surface area contributed by atoms with E-state index in [9.17, 15) is 0 Å². The third kappa shape index (κ3) is 2.33. The summed E-state index contributed by atoms with van der Waals surface area (Å²) in [7, 11) is 4.09. The lowest BCUT2D eigenvalue weighted by molar-refractivity contribution is 0.652. The molecule has 0 aromatic heterocycles. The molecule has 1 unspecified atom stereocenters. The highest BCUT2D eigenvalue weighted by atomic mass is 35.5. The molecule has 1 aliphatic rings. The summed E-state index contributed by atoms with van der Waals surface area (Å²) in [6.45, 7) is 2.13. The Balaban J connectivity index is 2.21. The molecule has 1 saturated carbocycles. The minimum absolute atomic E-state index is 0.345. The zero-order valence-electron chi connectivity index (χ0n) is 10.1. The SMILES string of the molecule is CNC(C)c1ccc(N(C)C2CC2)c(Cl)c1. The lowest BCUT2D eigenvalue weighted by Gasteiger charge is -2.21. The Hall–Kier alpha value is -0.730. The third-order valence-corrected chi connectivity index (χ3v) is 3.68. The number of rotatable bonds is 4. The van der Waals surface area contributed by atoms with Crippen LogP contribution in [0.3, 0.4) is 0 Å². The first-order valence-electron chi connectivity index (χ1n) is 5.83. The van der Waals surface area contributed by atoms with Gasteiger partial charge in [0.25, 0.3) is 0 Å². The van der Waals surface area contributed by atoms with Crippen LogP contribution < -0.4 is 10.2 Å². The van der Waals surface area contributed by atoms with Gasteiger partial charge >= 0.3 is 0 Å². The normalized spacial score (nSPS) is 17.2. The Labute approximate surface area is 103 Å². The summed E-state index contributed by atoms with van der Waals surface area (Å²) in [6.07, 6.45) is 2.59. The van der Waals surface area contributed by atoms with Gasteiger partial charge in [0.1, 0.15) is 0 Å². The van der Waals surface area contributed by atoms with Crippen LogP contribution in [0, 0.1) is 0 Å². The number of nitrogens with one attached hydrogen (secondary N) is 1. The minimum Gasteiger partial charge on any atom is -0.370 e. The molecular weight excluding hydrogens is 220 g/mol. The average Bonchev–Trinajstić information content (AvgIpc) is 3.10. The molecule has 0 amide bonds. The van der Waals surface area contributed by atoms with Gasteiger partial charge in [-0.3, -0.25) is 0 Å². The summed E-state index contributed by atoms with van der Waals surface area (Å²) in [4.78, 5) is 2.29. The van der Waals surface area contributed by atoms with Gasteiger partial charge in [-0.05, 0) is 44.5 Å². The fraction of sp³-hybridized carbons (Fsp3) is 0.538. The van der Waals surface area contributed by atoms with E-state index in [1.807, 2.05) is 7.05 Å². The van der Waals surface area contributed by atoms with Gasteiger partial charge in [-0.25, -0.2) is 0 Å². The summed E-state index contributed by atoms with van der Waals surface area (Å²) in [5, 5.41) is 4.08. The molecule has 0 spiro atoms. The molecule has 1 aliphatic carbocycles. The topological polar surface area (TPSA) is 15.3 Å². The van der Waals surface area contributed by atoms with Crippen LogP contribution in [0.15, 0.2) is 18.2 Å². The molecule has 0 saturated heterocycles. The van der Waals surface area contributed by atoms with Crippen molar-refractivity contribution in [2.24, 2.45) is 0 Å². The molecule has 1 aromatic carbocycles. The van der Waals surface area contributed by atoms with E-state index < -0.39 is 0 Å². The molecule has 2 rings (SSSR count). The molecule has 0 aliphatic heterocycles. The van der Waals surface area contributed by atoms with Crippen molar-refractivity contribution in [3.8, 4) is 0 Å². The molecule has 3 heteroatoms. The van der Waals surface area contributed by atoms with Gasteiger partial charge in [0.05, 0.1) is 10.7 Å². The summed E-state index contributed by atoms with van der Waals surface area (Å²) < 4.78 is 0. The second-order valence-electron chi connectivity index (χ2n) is 4.56. The number of hydrogen-bond donors (Lipinski definition) is 1. The van der Waals surface area contributed by atoms with Gasteiger partial charge < -0.3 is 10.2 Å². The van der Waals surface area contributed by atoms with E-state index in [1.165, 1.54) is 18.4 Å². The highest BCUT2D eigenvalue weighted by molar-refractivity contribution is 6.33. The van der Waals surface area contributed by atoms with Crippen LogP contribution in [0.1, 0.15) is 31.4 Å². The summed E-state index contributed by atoms with van der Waals surface area (Å²) in [6, 6.07) is 7.39. The Bertz CT molecular complexity index is 374. The standard InChI is InChI=1S/C13H19ClN2/c1-9(15-2)10-4-7-13(12(14)8-10)16(3)11-5-6-11/h4,7-9,11,15H,5-6H2,1-3H3. The zero-order chi connectivity index (χ0) is 11.7. The van der Waals surface area contributed by atoms with E-state index in [4.69, 9.17) is 11.6 Å². The molecule has 1 atom stereocenters. The first-order chi connectivity index (χ1) is 7.63. The summed E-state index contributed by atoms with van der Waals surface area (Å²) in [5.74, 6) is 0. The highest BCUT2D eigenvalue weighted by Gasteiger charge is 2.27. The monoisotopic (exact) mass is 238 g/mol. The van der Waals surface area contributed by atoms with Crippen molar-refractivity contribution >= 4 is 17.3 Å². The Morgan fingerprint density at radius 3 is 2.62 bits per heavy atom. The average molecular weight is 239 g/mol. The Kier molecular flexibility index (Phi) is 3.41. The molecule has 88 valence electrons. The first kappa shape index (κ1) is 11.7. The van der Waals surface area contributed by atoms with Crippen LogP contribution in [0.2, 0.25) is 5.02 Å². The van der Waals surface area contributed by atoms with Gasteiger partial charge in [0, 0.05) is 19.1 Å². The highest BCUT2D eigenvalue weighted by Crippen LogP contribution is 2.35. The van der Waals surface area contributed by atoms with Crippen molar-refractivity contribution in [1.29, 1.82) is 0 Å². The van der Waals surface area contributed by atoms with E-state index in [1.54, 1.807) is 0 Å². The van der Waals surface area contributed by atoms with Gasteiger partial charge in [0.2, 0.25) is 0 Å². The third-order valence-electron chi connectivity index (χ3n) is 3.38. The van der Waals surface area contributed by atoms with Crippen LogP contribution in [-0.4, -0.2) is 20.1 Å². The Morgan fingerprint density at radius 2 is 2.12 bits per heavy atom. The molecule has 1 aromatic rings. The number of halogens is 1. The second kappa shape index (κ2) is 4.64. The van der Waals surface area contributed by atoms with Crippen molar-refractivity contribution in [2.45, 2.75) is 31.8 Å². The number of benzene rings is 1.